The first-order valence-electron chi connectivity index (χ1n) is 8.43. The molecular formula is C18H22N2O4S2. The van der Waals surface area contributed by atoms with Crippen LogP contribution >= 0.6 is 0 Å². The van der Waals surface area contributed by atoms with Crippen molar-refractivity contribution in [3.05, 3.63) is 53.6 Å². The van der Waals surface area contributed by atoms with Gasteiger partial charge in [-0.2, -0.15) is 0 Å². The zero-order valence-corrected chi connectivity index (χ0v) is 16.3. The molecule has 6 nitrogen and oxygen atoms in total. The van der Waals surface area contributed by atoms with Gasteiger partial charge in [-0.1, -0.05) is 26.0 Å². The quantitative estimate of drug-likeness (QED) is 0.843. The van der Waals surface area contributed by atoms with Crippen LogP contribution in [0.4, 0.5) is 5.69 Å². The number of sulfonamides is 2. The molecule has 140 valence electrons. The van der Waals surface area contributed by atoms with E-state index in [0.29, 0.717) is 23.6 Å². The molecule has 2 N–H and O–H groups in total. The molecule has 1 heterocycles. The predicted molar refractivity (Wildman–Crippen MR) is 101 cm³/mol. The Bertz CT molecular complexity index is 1030. The Morgan fingerprint density at radius 2 is 1.65 bits per heavy atom. The van der Waals surface area contributed by atoms with E-state index < -0.39 is 20.0 Å². The minimum atomic E-state index is -3.81. The SMILES string of the molecule is CCC(C)c1ccc(S(=O)(=O)N2CCc3cc(S(N)(=O)=O)ccc32)cc1. The number of rotatable bonds is 5. The van der Waals surface area contributed by atoms with Crippen LogP contribution in [0.1, 0.15) is 37.3 Å². The first kappa shape index (κ1) is 18.9. The van der Waals surface area contributed by atoms with Crippen LogP contribution in [0.2, 0.25) is 0 Å². The van der Waals surface area contributed by atoms with Crippen molar-refractivity contribution in [2.45, 2.75) is 42.4 Å². The number of hydrogen-bond donors (Lipinski definition) is 1. The second-order valence-corrected chi connectivity index (χ2v) is 9.96. The third-order valence-electron chi connectivity index (χ3n) is 4.88. The van der Waals surface area contributed by atoms with Crippen LogP contribution in [0.5, 0.6) is 0 Å². The molecule has 0 spiro atoms. The minimum absolute atomic E-state index is 0.00611. The molecule has 0 aliphatic carbocycles. The molecule has 0 bridgehead atoms. The molecule has 2 aromatic rings. The van der Waals surface area contributed by atoms with Crippen LogP contribution in [-0.4, -0.2) is 23.4 Å². The predicted octanol–water partition coefficient (Wildman–Crippen LogP) is 2.60. The molecule has 0 fully saturated rings. The van der Waals surface area contributed by atoms with E-state index in [2.05, 4.69) is 13.8 Å². The highest BCUT2D eigenvalue weighted by molar-refractivity contribution is 7.92. The van der Waals surface area contributed by atoms with E-state index in [0.717, 1.165) is 12.0 Å². The number of nitrogens with two attached hydrogens (primary N) is 1. The summed E-state index contributed by atoms with van der Waals surface area (Å²) in [4.78, 5) is 0.223. The Labute approximate surface area is 154 Å². The van der Waals surface area contributed by atoms with Crippen molar-refractivity contribution in [1.82, 2.24) is 0 Å². The Balaban J connectivity index is 1.96. The summed E-state index contributed by atoms with van der Waals surface area (Å²) in [6, 6.07) is 11.3. The molecule has 1 unspecified atom stereocenters. The number of hydrogen-bond acceptors (Lipinski definition) is 4. The zero-order valence-electron chi connectivity index (χ0n) is 14.7. The molecule has 0 saturated carbocycles. The van der Waals surface area contributed by atoms with Gasteiger partial charge in [0, 0.05) is 6.54 Å². The normalized spacial score (nSPS) is 15.7. The standard InChI is InChI=1S/C18H22N2O4S2/c1-3-13(2)14-4-6-16(7-5-14)26(23,24)20-11-10-15-12-17(25(19,21)22)8-9-18(15)20/h4-9,12-13H,3,10-11H2,1-2H3,(H2,19,21,22). The summed E-state index contributed by atoms with van der Waals surface area (Å²) in [6.45, 7) is 4.47. The number of nitrogens with zero attached hydrogens (tertiary/aromatic N) is 1. The third-order valence-corrected chi connectivity index (χ3v) is 7.62. The molecule has 0 radical (unpaired) electrons. The van der Waals surface area contributed by atoms with Gasteiger partial charge in [0.15, 0.2) is 0 Å². The van der Waals surface area contributed by atoms with Crippen LogP contribution in [0.3, 0.4) is 0 Å². The second-order valence-electron chi connectivity index (χ2n) is 6.54. The highest BCUT2D eigenvalue weighted by atomic mass is 32.2. The molecule has 26 heavy (non-hydrogen) atoms. The summed E-state index contributed by atoms with van der Waals surface area (Å²) in [5.41, 5.74) is 2.27. The van der Waals surface area contributed by atoms with Crippen molar-refractivity contribution in [3.8, 4) is 0 Å². The van der Waals surface area contributed by atoms with Crippen LogP contribution in [0, 0.1) is 0 Å². The van der Waals surface area contributed by atoms with Gasteiger partial charge in [0.2, 0.25) is 10.0 Å². The number of primary sulfonamides is 1. The lowest BCUT2D eigenvalue weighted by Crippen LogP contribution is -2.29. The Hall–Kier alpha value is -1.90. The lowest BCUT2D eigenvalue weighted by Gasteiger charge is -2.20. The van der Waals surface area contributed by atoms with Gasteiger partial charge in [-0.25, -0.2) is 22.0 Å². The van der Waals surface area contributed by atoms with Crippen molar-refractivity contribution in [1.29, 1.82) is 0 Å². The Morgan fingerprint density at radius 3 is 2.23 bits per heavy atom. The number of benzene rings is 2. The van der Waals surface area contributed by atoms with Gasteiger partial charge in [0.1, 0.15) is 0 Å². The summed E-state index contributed by atoms with van der Waals surface area (Å²) in [5.74, 6) is 0.371. The topological polar surface area (TPSA) is 97.5 Å². The molecular weight excluding hydrogens is 372 g/mol. The molecule has 2 aromatic carbocycles. The van der Waals surface area contributed by atoms with Gasteiger partial charge >= 0.3 is 0 Å². The van der Waals surface area contributed by atoms with E-state index >= 15 is 0 Å². The van der Waals surface area contributed by atoms with Crippen molar-refractivity contribution < 1.29 is 16.8 Å². The Morgan fingerprint density at radius 1 is 1.04 bits per heavy atom. The maximum atomic E-state index is 13.0. The van der Waals surface area contributed by atoms with Crippen molar-refractivity contribution in [2.75, 3.05) is 10.8 Å². The fourth-order valence-corrected chi connectivity index (χ4v) is 5.17. The largest absolute Gasteiger partial charge is 0.266 e. The van der Waals surface area contributed by atoms with Crippen LogP contribution < -0.4 is 9.44 Å². The second kappa shape index (κ2) is 6.68. The molecule has 3 rings (SSSR count). The van der Waals surface area contributed by atoms with Crippen LogP contribution in [0.25, 0.3) is 0 Å². The van der Waals surface area contributed by atoms with Crippen LogP contribution in [-0.2, 0) is 26.5 Å². The zero-order chi connectivity index (χ0) is 19.1. The van der Waals surface area contributed by atoms with Crippen molar-refractivity contribution in [3.63, 3.8) is 0 Å². The lowest BCUT2D eigenvalue weighted by atomic mass is 9.99. The summed E-state index contributed by atoms with van der Waals surface area (Å²) in [6.07, 6.45) is 1.43. The summed E-state index contributed by atoms with van der Waals surface area (Å²) in [7, 11) is -7.51. The fourth-order valence-electron chi connectivity index (χ4n) is 3.11. The summed E-state index contributed by atoms with van der Waals surface area (Å²) >= 11 is 0. The van der Waals surface area contributed by atoms with Gasteiger partial charge in [-0.15, -0.1) is 0 Å². The molecule has 0 aromatic heterocycles. The van der Waals surface area contributed by atoms with E-state index in [4.69, 9.17) is 5.14 Å². The first-order chi connectivity index (χ1) is 12.1. The number of anilines is 1. The molecule has 8 heteroatoms. The monoisotopic (exact) mass is 394 g/mol. The van der Waals surface area contributed by atoms with Gasteiger partial charge in [-0.3, -0.25) is 4.31 Å². The highest BCUT2D eigenvalue weighted by Gasteiger charge is 2.31. The van der Waals surface area contributed by atoms with Crippen molar-refractivity contribution >= 4 is 25.7 Å². The number of fused-ring (bicyclic) bond motifs is 1. The highest BCUT2D eigenvalue weighted by Crippen LogP contribution is 2.34. The Kier molecular flexibility index (Phi) is 4.85. The van der Waals surface area contributed by atoms with E-state index in [-0.39, 0.29) is 16.3 Å². The van der Waals surface area contributed by atoms with Gasteiger partial charge in [-0.05, 0) is 60.2 Å². The van der Waals surface area contributed by atoms with Crippen molar-refractivity contribution in [2.24, 2.45) is 5.14 Å². The first-order valence-corrected chi connectivity index (χ1v) is 11.4. The maximum absolute atomic E-state index is 13.0. The van der Waals surface area contributed by atoms with E-state index in [1.165, 1.54) is 22.5 Å². The molecule has 1 aliphatic heterocycles. The van der Waals surface area contributed by atoms with Gasteiger partial charge in [0.25, 0.3) is 10.0 Å². The molecule has 0 saturated heterocycles. The molecule has 0 amide bonds. The average Bonchev–Trinajstić information content (AvgIpc) is 3.04. The minimum Gasteiger partial charge on any atom is -0.266 e. The van der Waals surface area contributed by atoms with Crippen LogP contribution in [0.15, 0.2) is 52.3 Å². The van der Waals surface area contributed by atoms with E-state index in [9.17, 15) is 16.8 Å². The maximum Gasteiger partial charge on any atom is 0.264 e. The summed E-state index contributed by atoms with van der Waals surface area (Å²) < 4.78 is 50.3. The molecule has 1 atom stereocenters. The summed E-state index contributed by atoms with van der Waals surface area (Å²) in [5, 5.41) is 5.15. The third kappa shape index (κ3) is 3.36. The van der Waals surface area contributed by atoms with E-state index in [1.807, 2.05) is 12.1 Å². The van der Waals surface area contributed by atoms with E-state index in [1.54, 1.807) is 12.1 Å². The lowest BCUT2D eigenvalue weighted by molar-refractivity contribution is 0.592. The fraction of sp³-hybridized carbons (Fsp3) is 0.333. The molecule has 1 aliphatic rings. The van der Waals surface area contributed by atoms with Gasteiger partial charge in [0.05, 0.1) is 15.5 Å². The smallest absolute Gasteiger partial charge is 0.264 e. The van der Waals surface area contributed by atoms with Gasteiger partial charge < -0.3 is 0 Å². The average molecular weight is 395 g/mol.